The maximum absolute atomic E-state index is 3.42. The largest absolute Gasteiger partial charge is 0.320 e. The summed E-state index contributed by atoms with van der Waals surface area (Å²) in [6.45, 7) is 10.0. The number of hydrogen-bond acceptors (Lipinski definition) is 2. The standard InChI is InChI=1S/C9H17N.C8H13N.C2H6/c1-9(7-8-10-2)5-3-4-6-9;1-2-4-8(3-1)5-6-9-7-8;1-2/h3-4,10H,5-8H2,1-2H3;1-2,9H,3-7H2;1-2H3. The molecular weight excluding hydrogens is 256 g/mol. The lowest BCUT2D eigenvalue weighted by Crippen LogP contribution is -2.19. The summed E-state index contributed by atoms with van der Waals surface area (Å²) >= 11 is 0. The van der Waals surface area contributed by atoms with Gasteiger partial charge in [0.15, 0.2) is 0 Å². The van der Waals surface area contributed by atoms with Crippen molar-refractivity contribution >= 4 is 0 Å². The maximum Gasteiger partial charge on any atom is 0.00142 e. The fraction of sp³-hybridized carbons (Fsp3) is 0.789. The summed E-state index contributed by atoms with van der Waals surface area (Å²) in [5.41, 5.74) is 1.24. The van der Waals surface area contributed by atoms with Crippen LogP contribution in [0.4, 0.5) is 0 Å². The van der Waals surface area contributed by atoms with Gasteiger partial charge in [-0.25, -0.2) is 0 Å². The van der Waals surface area contributed by atoms with Crippen LogP contribution in [-0.2, 0) is 0 Å². The fourth-order valence-electron chi connectivity index (χ4n) is 3.34. The van der Waals surface area contributed by atoms with Crippen LogP contribution in [0.3, 0.4) is 0 Å². The number of nitrogens with one attached hydrogen (secondary N) is 2. The Morgan fingerprint density at radius 1 is 1.00 bits per heavy atom. The van der Waals surface area contributed by atoms with E-state index in [2.05, 4.69) is 41.9 Å². The third kappa shape index (κ3) is 5.96. The van der Waals surface area contributed by atoms with Crippen LogP contribution in [0, 0.1) is 10.8 Å². The first-order valence-corrected chi connectivity index (χ1v) is 8.84. The van der Waals surface area contributed by atoms with E-state index < -0.39 is 0 Å². The molecule has 2 N–H and O–H groups in total. The highest BCUT2D eigenvalue weighted by atomic mass is 14.9. The molecule has 2 nitrogen and oxygen atoms in total. The molecule has 0 atom stereocenters. The molecule has 0 aromatic carbocycles. The molecule has 2 aliphatic carbocycles. The Morgan fingerprint density at radius 3 is 2.05 bits per heavy atom. The lowest BCUT2D eigenvalue weighted by molar-refractivity contribution is 0.319. The molecule has 0 saturated carbocycles. The maximum atomic E-state index is 3.42. The summed E-state index contributed by atoms with van der Waals surface area (Å²) in [7, 11) is 2.02. The van der Waals surface area contributed by atoms with E-state index in [1.54, 1.807) is 0 Å². The Labute approximate surface area is 132 Å². The first-order chi connectivity index (χ1) is 10.2. The molecule has 1 saturated heterocycles. The lowest BCUT2D eigenvalue weighted by atomic mass is 9.84. The number of rotatable bonds is 3. The van der Waals surface area contributed by atoms with Crippen molar-refractivity contribution in [2.45, 2.75) is 59.3 Å². The van der Waals surface area contributed by atoms with Crippen LogP contribution in [-0.4, -0.2) is 26.7 Å². The molecule has 2 heteroatoms. The second-order valence-corrected chi connectivity index (χ2v) is 6.85. The van der Waals surface area contributed by atoms with Crippen LogP contribution in [0.15, 0.2) is 24.3 Å². The van der Waals surface area contributed by atoms with Crippen molar-refractivity contribution in [1.29, 1.82) is 0 Å². The zero-order chi connectivity index (χ0) is 15.6. The molecule has 0 unspecified atom stereocenters. The van der Waals surface area contributed by atoms with Gasteiger partial charge in [0.2, 0.25) is 0 Å². The number of hydrogen-bond donors (Lipinski definition) is 2. The van der Waals surface area contributed by atoms with E-state index in [-0.39, 0.29) is 0 Å². The summed E-state index contributed by atoms with van der Waals surface area (Å²) < 4.78 is 0. The van der Waals surface area contributed by atoms with Crippen molar-refractivity contribution < 1.29 is 0 Å². The van der Waals surface area contributed by atoms with Crippen LogP contribution in [0.5, 0.6) is 0 Å². The van der Waals surface area contributed by atoms with Gasteiger partial charge in [-0.05, 0) is 69.5 Å². The molecule has 1 spiro atoms. The summed E-state index contributed by atoms with van der Waals surface area (Å²) in [5, 5.41) is 6.61. The van der Waals surface area contributed by atoms with Gasteiger partial charge in [-0.3, -0.25) is 0 Å². The molecule has 0 bridgehead atoms. The molecule has 3 rings (SSSR count). The Hall–Kier alpha value is -0.600. The van der Waals surface area contributed by atoms with Gasteiger partial charge in [-0.1, -0.05) is 45.1 Å². The van der Waals surface area contributed by atoms with Crippen LogP contribution in [0.25, 0.3) is 0 Å². The molecule has 3 aliphatic rings. The van der Waals surface area contributed by atoms with Crippen molar-refractivity contribution in [3.8, 4) is 0 Å². The molecule has 1 fully saturated rings. The van der Waals surface area contributed by atoms with Crippen molar-refractivity contribution in [3.63, 3.8) is 0 Å². The molecular formula is C19H36N2. The van der Waals surface area contributed by atoms with Gasteiger partial charge < -0.3 is 10.6 Å². The Morgan fingerprint density at radius 2 is 1.57 bits per heavy atom. The van der Waals surface area contributed by atoms with Gasteiger partial charge in [-0.2, -0.15) is 0 Å². The Bertz CT molecular complexity index is 306. The molecule has 0 aromatic heterocycles. The first kappa shape index (κ1) is 18.4. The summed E-state index contributed by atoms with van der Waals surface area (Å²) in [6.07, 6.45) is 17.1. The predicted octanol–water partition coefficient (Wildman–Crippen LogP) is 4.29. The molecule has 21 heavy (non-hydrogen) atoms. The minimum absolute atomic E-state index is 0.572. The highest BCUT2D eigenvalue weighted by Crippen LogP contribution is 2.38. The van der Waals surface area contributed by atoms with Crippen LogP contribution >= 0.6 is 0 Å². The SMILES string of the molecule is C1=CCC2(C1)CCNC2.CC.CNCCC1(C)CC=CC1. The zero-order valence-electron chi connectivity index (χ0n) is 14.7. The third-order valence-electron chi connectivity index (χ3n) is 4.97. The van der Waals surface area contributed by atoms with Crippen LogP contribution < -0.4 is 10.6 Å². The summed E-state index contributed by atoms with van der Waals surface area (Å²) in [4.78, 5) is 0. The Balaban J connectivity index is 0.000000188. The average Bonchev–Trinajstić information content (AvgIpc) is 3.25. The van der Waals surface area contributed by atoms with Crippen molar-refractivity contribution in [2.75, 3.05) is 26.7 Å². The second kappa shape index (κ2) is 9.42. The van der Waals surface area contributed by atoms with Gasteiger partial charge in [0, 0.05) is 6.54 Å². The van der Waals surface area contributed by atoms with Gasteiger partial charge in [-0.15, -0.1) is 0 Å². The summed E-state index contributed by atoms with van der Waals surface area (Å²) in [5.74, 6) is 0. The number of allylic oxidation sites excluding steroid dienone is 4. The van der Waals surface area contributed by atoms with E-state index in [0.29, 0.717) is 10.8 Å². The monoisotopic (exact) mass is 292 g/mol. The molecule has 1 heterocycles. The van der Waals surface area contributed by atoms with E-state index >= 15 is 0 Å². The van der Waals surface area contributed by atoms with E-state index in [1.165, 1.54) is 51.6 Å². The highest BCUT2D eigenvalue weighted by Gasteiger charge is 2.33. The van der Waals surface area contributed by atoms with Crippen LogP contribution in [0.2, 0.25) is 0 Å². The van der Waals surface area contributed by atoms with E-state index in [4.69, 9.17) is 0 Å². The lowest BCUT2D eigenvalue weighted by Gasteiger charge is -2.22. The van der Waals surface area contributed by atoms with Gasteiger partial charge in [0.1, 0.15) is 0 Å². The van der Waals surface area contributed by atoms with Gasteiger partial charge >= 0.3 is 0 Å². The Kier molecular flexibility index (Phi) is 8.28. The van der Waals surface area contributed by atoms with Crippen molar-refractivity contribution in [1.82, 2.24) is 10.6 Å². The third-order valence-corrected chi connectivity index (χ3v) is 4.97. The molecule has 1 aliphatic heterocycles. The predicted molar refractivity (Wildman–Crippen MR) is 94.7 cm³/mol. The minimum Gasteiger partial charge on any atom is -0.320 e. The molecule has 0 aromatic rings. The summed E-state index contributed by atoms with van der Waals surface area (Å²) in [6, 6.07) is 0. The molecule has 0 amide bonds. The minimum atomic E-state index is 0.572. The van der Waals surface area contributed by atoms with Crippen molar-refractivity contribution in [3.05, 3.63) is 24.3 Å². The van der Waals surface area contributed by atoms with Gasteiger partial charge in [0.25, 0.3) is 0 Å². The van der Waals surface area contributed by atoms with E-state index in [9.17, 15) is 0 Å². The first-order valence-electron chi connectivity index (χ1n) is 8.84. The second-order valence-electron chi connectivity index (χ2n) is 6.85. The highest BCUT2D eigenvalue weighted by molar-refractivity contribution is 5.06. The normalized spacial score (nSPS) is 23.6. The van der Waals surface area contributed by atoms with Gasteiger partial charge in [0.05, 0.1) is 0 Å². The van der Waals surface area contributed by atoms with E-state index in [1.807, 2.05) is 20.9 Å². The quantitative estimate of drug-likeness (QED) is 0.758. The smallest absolute Gasteiger partial charge is 0.00142 e. The van der Waals surface area contributed by atoms with Crippen LogP contribution in [0.1, 0.15) is 59.3 Å². The average molecular weight is 293 g/mol. The van der Waals surface area contributed by atoms with E-state index in [0.717, 1.165) is 6.54 Å². The molecule has 122 valence electrons. The molecule has 0 radical (unpaired) electrons. The topological polar surface area (TPSA) is 24.1 Å². The van der Waals surface area contributed by atoms with Crippen molar-refractivity contribution in [2.24, 2.45) is 10.8 Å². The fourth-order valence-corrected chi connectivity index (χ4v) is 3.34. The zero-order valence-corrected chi connectivity index (χ0v) is 14.7.